The van der Waals surface area contributed by atoms with Gasteiger partial charge in [0.25, 0.3) is 5.91 Å². The fourth-order valence-electron chi connectivity index (χ4n) is 7.41. The first-order valence-corrected chi connectivity index (χ1v) is 13.0. The number of halogens is 1. The van der Waals surface area contributed by atoms with Crippen molar-refractivity contribution in [3.63, 3.8) is 0 Å². The molecule has 7 heteroatoms. The first kappa shape index (κ1) is 21.7. The normalized spacial score (nSPS) is 37.0. The fourth-order valence-corrected chi connectivity index (χ4v) is 7.65. The summed E-state index contributed by atoms with van der Waals surface area (Å²) in [6, 6.07) is 6.13. The summed E-state index contributed by atoms with van der Waals surface area (Å²) < 4.78 is 5.59. The SMILES string of the molecule is O=C(COc1ccc(CC2CCN(C3C4CC5CC3CC(O)(C5)C4)C2=O)c(Cl)c1)NC1CC1. The van der Waals surface area contributed by atoms with Crippen LogP contribution in [0.2, 0.25) is 5.02 Å². The quantitative estimate of drug-likeness (QED) is 0.638. The second-order valence-electron chi connectivity index (χ2n) is 11.3. The zero-order valence-electron chi connectivity index (χ0n) is 19.0. The third-order valence-corrected chi connectivity index (χ3v) is 9.06. The lowest BCUT2D eigenvalue weighted by molar-refractivity contribution is -0.168. The molecule has 6 aliphatic rings. The molecular weight excluding hydrogens is 440 g/mol. The van der Waals surface area contributed by atoms with E-state index in [2.05, 4.69) is 10.2 Å². The van der Waals surface area contributed by atoms with Crippen LogP contribution in [0, 0.1) is 23.7 Å². The van der Waals surface area contributed by atoms with E-state index in [-0.39, 0.29) is 24.3 Å². The molecule has 5 aliphatic carbocycles. The number of hydrogen-bond donors (Lipinski definition) is 2. The van der Waals surface area contributed by atoms with Crippen LogP contribution in [0.15, 0.2) is 18.2 Å². The van der Waals surface area contributed by atoms with E-state index in [0.717, 1.165) is 50.6 Å². The van der Waals surface area contributed by atoms with Crippen LogP contribution >= 0.6 is 11.6 Å². The molecule has 5 saturated carbocycles. The first-order valence-electron chi connectivity index (χ1n) is 12.6. The largest absolute Gasteiger partial charge is 0.484 e. The van der Waals surface area contributed by atoms with Gasteiger partial charge in [0.2, 0.25) is 5.91 Å². The Bertz CT molecular complexity index is 948. The summed E-state index contributed by atoms with van der Waals surface area (Å²) in [7, 11) is 0. The molecule has 0 aromatic heterocycles. The van der Waals surface area contributed by atoms with E-state index < -0.39 is 5.60 Å². The predicted molar refractivity (Wildman–Crippen MR) is 124 cm³/mol. The standard InChI is InChI=1S/C26H33ClN2O4/c27-22-10-21(33-14-23(30)28-20-2-3-20)4-1-16(22)9-17-5-6-29(25(17)31)24-18-7-15-8-19(24)13-26(32,11-15)12-18/h1,4,10,15,17-20,24,32H,2-3,5-9,11-14H2,(H,28,30). The Morgan fingerprint density at radius 3 is 2.61 bits per heavy atom. The summed E-state index contributed by atoms with van der Waals surface area (Å²) in [6.07, 6.45) is 8.63. The van der Waals surface area contributed by atoms with Crippen molar-refractivity contribution in [1.82, 2.24) is 10.2 Å². The molecule has 1 aromatic rings. The molecule has 178 valence electrons. The maximum Gasteiger partial charge on any atom is 0.258 e. The van der Waals surface area contributed by atoms with Crippen LogP contribution in [0.4, 0.5) is 0 Å². The maximum absolute atomic E-state index is 13.4. The molecule has 1 saturated heterocycles. The molecule has 2 N–H and O–H groups in total. The third kappa shape index (κ3) is 4.25. The second kappa shape index (κ2) is 8.16. The molecule has 33 heavy (non-hydrogen) atoms. The van der Waals surface area contributed by atoms with Gasteiger partial charge >= 0.3 is 0 Å². The zero-order chi connectivity index (χ0) is 22.7. The van der Waals surface area contributed by atoms with Gasteiger partial charge in [0.1, 0.15) is 5.75 Å². The highest BCUT2D eigenvalue weighted by Gasteiger charge is 2.57. The van der Waals surface area contributed by atoms with Gasteiger partial charge in [-0.1, -0.05) is 17.7 Å². The number of benzene rings is 1. The van der Waals surface area contributed by atoms with E-state index in [4.69, 9.17) is 16.3 Å². The lowest BCUT2D eigenvalue weighted by atomic mass is 9.52. The van der Waals surface area contributed by atoms with Crippen LogP contribution in [-0.2, 0) is 16.0 Å². The Morgan fingerprint density at radius 1 is 1.18 bits per heavy atom. The van der Waals surface area contributed by atoms with Gasteiger partial charge in [-0.15, -0.1) is 0 Å². The molecule has 7 rings (SSSR count). The van der Waals surface area contributed by atoms with Gasteiger partial charge in [0, 0.05) is 29.6 Å². The Kier molecular flexibility index (Phi) is 5.37. The molecule has 1 heterocycles. The van der Waals surface area contributed by atoms with E-state index in [1.807, 2.05) is 12.1 Å². The summed E-state index contributed by atoms with van der Waals surface area (Å²) in [5.41, 5.74) is 0.483. The van der Waals surface area contributed by atoms with Crippen molar-refractivity contribution < 1.29 is 19.4 Å². The molecule has 0 radical (unpaired) electrons. The van der Waals surface area contributed by atoms with Gasteiger partial charge in [-0.25, -0.2) is 0 Å². The number of nitrogens with one attached hydrogen (secondary N) is 1. The number of aliphatic hydroxyl groups is 1. The molecule has 2 amide bonds. The van der Waals surface area contributed by atoms with Gasteiger partial charge in [-0.3, -0.25) is 9.59 Å². The van der Waals surface area contributed by atoms with Gasteiger partial charge in [-0.05, 0) is 93.2 Å². The fraction of sp³-hybridized carbons (Fsp3) is 0.692. The molecule has 4 bridgehead atoms. The minimum Gasteiger partial charge on any atom is -0.484 e. The Balaban J connectivity index is 1.07. The maximum atomic E-state index is 13.4. The van der Waals surface area contributed by atoms with Crippen molar-refractivity contribution in [3.8, 4) is 5.75 Å². The second-order valence-corrected chi connectivity index (χ2v) is 11.7. The lowest BCUT2D eigenvalue weighted by Gasteiger charge is -2.59. The number of amides is 2. The van der Waals surface area contributed by atoms with Gasteiger partial charge in [0.05, 0.1) is 5.60 Å². The minimum absolute atomic E-state index is 0.0120. The predicted octanol–water partition coefficient (Wildman–Crippen LogP) is 3.33. The molecule has 1 aliphatic heterocycles. The Morgan fingerprint density at radius 2 is 1.94 bits per heavy atom. The third-order valence-electron chi connectivity index (χ3n) is 8.70. The van der Waals surface area contributed by atoms with Crippen molar-refractivity contribution in [3.05, 3.63) is 28.8 Å². The monoisotopic (exact) mass is 472 g/mol. The number of rotatable bonds is 7. The first-order chi connectivity index (χ1) is 15.9. The van der Waals surface area contributed by atoms with Crippen molar-refractivity contribution in [2.45, 2.75) is 75.5 Å². The number of nitrogens with zero attached hydrogens (tertiary/aromatic N) is 1. The molecule has 0 spiro atoms. The van der Waals surface area contributed by atoms with E-state index in [0.29, 0.717) is 47.0 Å². The molecule has 3 unspecified atom stereocenters. The van der Waals surface area contributed by atoms with Gasteiger partial charge < -0.3 is 20.1 Å². The van der Waals surface area contributed by atoms with Crippen molar-refractivity contribution in [2.75, 3.05) is 13.2 Å². The summed E-state index contributed by atoms with van der Waals surface area (Å²) in [4.78, 5) is 27.4. The van der Waals surface area contributed by atoms with E-state index in [1.54, 1.807) is 6.07 Å². The average molecular weight is 473 g/mol. The van der Waals surface area contributed by atoms with E-state index in [1.165, 1.54) is 12.8 Å². The molecule has 1 aromatic carbocycles. The van der Waals surface area contributed by atoms with Crippen LogP contribution in [0.5, 0.6) is 5.75 Å². The summed E-state index contributed by atoms with van der Waals surface area (Å²) in [5, 5.41) is 14.4. The minimum atomic E-state index is -0.467. The molecule has 6 fully saturated rings. The smallest absolute Gasteiger partial charge is 0.258 e. The van der Waals surface area contributed by atoms with E-state index >= 15 is 0 Å². The topological polar surface area (TPSA) is 78.9 Å². The number of ether oxygens (including phenoxy) is 1. The molecule has 6 nitrogen and oxygen atoms in total. The highest BCUT2D eigenvalue weighted by Crippen LogP contribution is 2.57. The van der Waals surface area contributed by atoms with Crippen LogP contribution in [-0.4, -0.2) is 52.7 Å². The Hall–Kier alpha value is -1.79. The van der Waals surface area contributed by atoms with Crippen LogP contribution in [0.3, 0.4) is 0 Å². The van der Waals surface area contributed by atoms with Gasteiger partial charge in [0.15, 0.2) is 6.61 Å². The van der Waals surface area contributed by atoms with Crippen molar-refractivity contribution >= 4 is 23.4 Å². The highest BCUT2D eigenvalue weighted by atomic mass is 35.5. The highest BCUT2D eigenvalue weighted by molar-refractivity contribution is 6.31. The van der Waals surface area contributed by atoms with Crippen molar-refractivity contribution in [2.24, 2.45) is 23.7 Å². The summed E-state index contributed by atoms with van der Waals surface area (Å²) >= 11 is 6.53. The zero-order valence-corrected chi connectivity index (χ0v) is 19.7. The van der Waals surface area contributed by atoms with Gasteiger partial charge in [-0.2, -0.15) is 0 Å². The van der Waals surface area contributed by atoms with Crippen molar-refractivity contribution in [1.29, 1.82) is 0 Å². The molecule has 3 atom stereocenters. The lowest BCUT2D eigenvalue weighted by Crippen LogP contribution is -2.62. The van der Waals surface area contributed by atoms with E-state index in [9.17, 15) is 14.7 Å². The number of carbonyl (C=O) groups excluding carboxylic acids is 2. The van der Waals surface area contributed by atoms with Crippen LogP contribution < -0.4 is 10.1 Å². The number of likely N-dealkylation sites (tertiary alicyclic amines) is 1. The number of carbonyl (C=O) groups is 2. The molecular formula is C26H33ClN2O4. The Labute approximate surface area is 200 Å². The summed E-state index contributed by atoms with van der Waals surface area (Å²) in [5.74, 6) is 2.25. The average Bonchev–Trinajstić information content (AvgIpc) is 3.50. The van der Waals surface area contributed by atoms with Crippen LogP contribution in [0.1, 0.15) is 56.9 Å². The van der Waals surface area contributed by atoms with Crippen LogP contribution in [0.25, 0.3) is 0 Å². The number of hydrogen-bond acceptors (Lipinski definition) is 4. The summed E-state index contributed by atoms with van der Waals surface area (Å²) in [6.45, 7) is 0.807.